The predicted molar refractivity (Wildman–Crippen MR) is 108 cm³/mol. The van der Waals surface area contributed by atoms with Crippen molar-refractivity contribution in [2.75, 3.05) is 14.2 Å². The zero-order valence-electron chi connectivity index (χ0n) is 14.6. The van der Waals surface area contributed by atoms with E-state index in [1.165, 1.54) is 32.6 Å². The molecule has 0 N–H and O–H groups in total. The highest BCUT2D eigenvalue weighted by atomic mass is 32.2. The molecule has 2 aromatic rings. The van der Waals surface area contributed by atoms with Crippen molar-refractivity contribution in [1.82, 2.24) is 5.01 Å². The predicted octanol–water partition coefficient (Wildman–Crippen LogP) is 3.44. The lowest BCUT2D eigenvalue weighted by Crippen LogP contribution is -2.22. The van der Waals surface area contributed by atoms with Gasteiger partial charge in [-0.1, -0.05) is 17.8 Å². The number of carbonyl (C=O) groups excluding carboxylic acids is 1. The molecule has 3 rings (SSSR count). The maximum atomic E-state index is 12.6. The quantitative estimate of drug-likeness (QED) is 0.230. The second kappa shape index (κ2) is 8.23. The van der Waals surface area contributed by atoms with Gasteiger partial charge in [0.25, 0.3) is 5.91 Å². The maximum Gasteiger partial charge on any atom is 0.433 e. The summed E-state index contributed by atoms with van der Waals surface area (Å²) in [5, 5.41) is 15.6. The highest BCUT2D eigenvalue weighted by Crippen LogP contribution is 2.34. The number of hydrazone groups is 1. The molecule has 1 aromatic carbocycles. The lowest BCUT2D eigenvalue weighted by atomic mass is 10.2. The van der Waals surface area contributed by atoms with Crippen LogP contribution in [0.1, 0.15) is 11.3 Å². The molecule has 144 valence electrons. The van der Waals surface area contributed by atoms with E-state index in [4.69, 9.17) is 26.1 Å². The SMILES string of the molecule is COc1ccc(/C=C2/SC(=S)N(/N=C/c3ccc([N+](=O)[O-])o3)C2=O)cc1OC. The third-order valence-electron chi connectivity index (χ3n) is 3.57. The number of thiocarbonyl (C=S) groups is 1. The van der Waals surface area contributed by atoms with Crippen LogP contribution < -0.4 is 9.47 Å². The lowest BCUT2D eigenvalue weighted by Gasteiger charge is -2.08. The molecule has 0 spiro atoms. The van der Waals surface area contributed by atoms with Crippen molar-refractivity contribution in [1.29, 1.82) is 0 Å². The Morgan fingerprint density at radius 3 is 2.64 bits per heavy atom. The molecule has 1 saturated heterocycles. The van der Waals surface area contributed by atoms with Gasteiger partial charge in [-0.2, -0.15) is 10.1 Å². The van der Waals surface area contributed by atoms with Gasteiger partial charge < -0.3 is 13.9 Å². The smallest absolute Gasteiger partial charge is 0.433 e. The number of carbonyl (C=O) groups is 1. The van der Waals surface area contributed by atoms with Crippen molar-refractivity contribution in [2.24, 2.45) is 5.10 Å². The van der Waals surface area contributed by atoms with E-state index in [2.05, 4.69) is 5.10 Å². The van der Waals surface area contributed by atoms with Crippen LogP contribution in [0.2, 0.25) is 0 Å². The fraction of sp³-hybridized carbons (Fsp3) is 0.118. The first kappa shape index (κ1) is 19.6. The molecular formula is C17H13N3O6S2. The monoisotopic (exact) mass is 419 g/mol. The number of benzene rings is 1. The summed E-state index contributed by atoms with van der Waals surface area (Å²) in [7, 11) is 3.06. The Balaban J connectivity index is 1.80. The van der Waals surface area contributed by atoms with Crippen molar-refractivity contribution in [2.45, 2.75) is 0 Å². The number of nitro groups is 1. The number of methoxy groups -OCH3 is 2. The van der Waals surface area contributed by atoms with E-state index in [1.807, 2.05) is 0 Å². The van der Waals surface area contributed by atoms with Gasteiger partial charge in [0, 0.05) is 0 Å². The normalized spacial score (nSPS) is 15.6. The Morgan fingerprint density at radius 2 is 2.00 bits per heavy atom. The summed E-state index contributed by atoms with van der Waals surface area (Å²) in [6.07, 6.45) is 2.85. The zero-order chi connectivity index (χ0) is 20.3. The van der Waals surface area contributed by atoms with Crippen LogP contribution in [0.5, 0.6) is 11.5 Å². The van der Waals surface area contributed by atoms with Crippen LogP contribution in [0.25, 0.3) is 6.08 Å². The first-order valence-electron chi connectivity index (χ1n) is 7.71. The minimum absolute atomic E-state index is 0.129. The number of hydrogen-bond acceptors (Lipinski definition) is 9. The summed E-state index contributed by atoms with van der Waals surface area (Å²) in [5.74, 6) is 0.403. The van der Waals surface area contributed by atoms with E-state index in [0.717, 1.165) is 22.3 Å². The fourth-order valence-corrected chi connectivity index (χ4v) is 3.45. The molecular weight excluding hydrogens is 406 g/mol. The van der Waals surface area contributed by atoms with Gasteiger partial charge in [0.1, 0.15) is 4.92 Å². The summed E-state index contributed by atoms with van der Waals surface area (Å²) in [6, 6.07) is 7.81. The lowest BCUT2D eigenvalue weighted by molar-refractivity contribution is -0.402. The minimum Gasteiger partial charge on any atom is -0.493 e. The first-order chi connectivity index (χ1) is 13.4. The molecule has 0 radical (unpaired) electrons. The molecule has 0 aliphatic carbocycles. The fourth-order valence-electron chi connectivity index (χ4n) is 2.28. The number of furan rings is 1. The third-order valence-corrected chi connectivity index (χ3v) is 4.85. The molecule has 28 heavy (non-hydrogen) atoms. The van der Waals surface area contributed by atoms with E-state index in [-0.39, 0.29) is 10.1 Å². The Kier molecular flexibility index (Phi) is 5.76. The van der Waals surface area contributed by atoms with Gasteiger partial charge in [0.05, 0.1) is 31.4 Å². The van der Waals surface area contributed by atoms with Crippen LogP contribution in [0.3, 0.4) is 0 Å². The van der Waals surface area contributed by atoms with Gasteiger partial charge in [-0.15, -0.1) is 0 Å². The van der Waals surface area contributed by atoms with E-state index in [9.17, 15) is 14.9 Å². The maximum absolute atomic E-state index is 12.6. The molecule has 0 saturated carbocycles. The Bertz CT molecular complexity index is 1010. The van der Waals surface area contributed by atoms with E-state index in [0.29, 0.717) is 16.4 Å². The van der Waals surface area contributed by atoms with Crippen LogP contribution in [0.15, 0.2) is 44.8 Å². The van der Waals surface area contributed by atoms with Crippen molar-refractivity contribution in [3.8, 4) is 11.5 Å². The zero-order valence-corrected chi connectivity index (χ0v) is 16.3. The van der Waals surface area contributed by atoms with Gasteiger partial charge in [-0.05, 0) is 42.1 Å². The molecule has 0 unspecified atom stereocenters. The average Bonchev–Trinajstić information content (AvgIpc) is 3.25. The van der Waals surface area contributed by atoms with Crippen molar-refractivity contribution < 1.29 is 23.6 Å². The van der Waals surface area contributed by atoms with Gasteiger partial charge in [0.2, 0.25) is 0 Å². The number of nitrogens with zero attached hydrogens (tertiary/aromatic N) is 3. The van der Waals surface area contributed by atoms with Crippen LogP contribution in [0.4, 0.5) is 5.88 Å². The van der Waals surface area contributed by atoms with Gasteiger partial charge in [-0.25, -0.2) is 0 Å². The summed E-state index contributed by atoms with van der Waals surface area (Å²) >= 11 is 6.28. The summed E-state index contributed by atoms with van der Waals surface area (Å²) in [6.45, 7) is 0. The minimum atomic E-state index is -0.664. The Hall–Kier alpha value is -3.18. The average molecular weight is 419 g/mol. The van der Waals surface area contributed by atoms with Crippen molar-refractivity contribution in [3.63, 3.8) is 0 Å². The van der Waals surface area contributed by atoms with E-state index >= 15 is 0 Å². The number of amides is 1. The molecule has 1 aromatic heterocycles. The molecule has 1 aliphatic heterocycles. The molecule has 0 atom stereocenters. The summed E-state index contributed by atoms with van der Waals surface area (Å²) < 4.78 is 15.6. The highest BCUT2D eigenvalue weighted by molar-refractivity contribution is 8.26. The van der Waals surface area contributed by atoms with Crippen molar-refractivity contribution >= 4 is 52.4 Å². The first-order valence-corrected chi connectivity index (χ1v) is 8.93. The molecule has 1 aliphatic rings. The standard InChI is InChI=1S/C17H13N3O6S2/c1-24-12-5-3-10(7-13(12)25-2)8-14-16(21)19(17(27)28-14)18-9-11-4-6-15(26-11)20(22)23/h3-9H,1-2H3/b14-8+,18-9+. The number of ether oxygens (including phenoxy) is 2. The second-order valence-corrected chi connectivity index (χ2v) is 6.96. The molecule has 11 heteroatoms. The van der Waals surface area contributed by atoms with E-state index < -0.39 is 16.7 Å². The topological polar surface area (TPSA) is 107 Å². The Labute approximate surface area is 168 Å². The number of rotatable bonds is 6. The van der Waals surface area contributed by atoms with Crippen LogP contribution in [0, 0.1) is 10.1 Å². The highest BCUT2D eigenvalue weighted by Gasteiger charge is 2.32. The van der Waals surface area contributed by atoms with Gasteiger partial charge >= 0.3 is 5.88 Å². The summed E-state index contributed by atoms with van der Waals surface area (Å²) in [4.78, 5) is 22.9. The van der Waals surface area contributed by atoms with Crippen LogP contribution in [-0.2, 0) is 4.79 Å². The second-order valence-electron chi connectivity index (χ2n) is 5.29. The van der Waals surface area contributed by atoms with Crippen LogP contribution in [-0.4, -0.2) is 40.6 Å². The molecule has 0 bridgehead atoms. The third kappa shape index (κ3) is 4.05. The van der Waals surface area contributed by atoms with Gasteiger partial charge in [-0.3, -0.25) is 14.9 Å². The number of thioether (sulfide) groups is 1. The van der Waals surface area contributed by atoms with Crippen molar-refractivity contribution in [3.05, 3.63) is 56.7 Å². The largest absolute Gasteiger partial charge is 0.493 e. The number of hydrogen-bond donors (Lipinski definition) is 0. The van der Waals surface area contributed by atoms with E-state index in [1.54, 1.807) is 24.3 Å². The summed E-state index contributed by atoms with van der Waals surface area (Å²) in [5.41, 5.74) is 0.726. The molecule has 9 nitrogen and oxygen atoms in total. The van der Waals surface area contributed by atoms with Gasteiger partial charge in [0.15, 0.2) is 21.6 Å². The molecule has 1 amide bonds. The van der Waals surface area contributed by atoms with Crippen LogP contribution >= 0.6 is 24.0 Å². The Morgan fingerprint density at radius 1 is 1.25 bits per heavy atom. The molecule has 1 fully saturated rings. The molecule has 2 heterocycles.